The van der Waals surface area contributed by atoms with Gasteiger partial charge in [0.25, 0.3) is 0 Å². The lowest BCUT2D eigenvalue weighted by Crippen LogP contribution is -2.39. The van der Waals surface area contributed by atoms with E-state index in [1.165, 1.54) is 6.26 Å². The van der Waals surface area contributed by atoms with Crippen LogP contribution in [0.5, 0.6) is 0 Å². The fourth-order valence-corrected chi connectivity index (χ4v) is 2.74. The van der Waals surface area contributed by atoms with Gasteiger partial charge in [0.05, 0.1) is 11.9 Å². The Bertz CT molecular complexity index is 473. The van der Waals surface area contributed by atoms with Gasteiger partial charge in [0.15, 0.2) is 0 Å². The molecule has 0 saturated heterocycles. The molecule has 2 unspecified atom stereocenters. The molecule has 0 saturated carbocycles. The van der Waals surface area contributed by atoms with Crippen molar-refractivity contribution in [3.63, 3.8) is 0 Å². The number of likely N-dealkylation sites (N-methyl/N-ethyl adjacent to an activating group) is 1. The lowest BCUT2D eigenvalue weighted by molar-refractivity contribution is 0.0633. The Labute approximate surface area is 116 Å². The summed E-state index contributed by atoms with van der Waals surface area (Å²) in [6.07, 6.45) is 1.39. The summed E-state index contributed by atoms with van der Waals surface area (Å²) in [6.45, 7) is 2.43. The van der Waals surface area contributed by atoms with Crippen molar-refractivity contribution in [2.45, 2.75) is 25.5 Å². The van der Waals surface area contributed by atoms with Crippen LogP contribution in [-0.4, -0.2) is 50.1 Å². The Kier molecular flexibility index (Phi) is 5.97. The summed E-state index contributed by atoms with van der Waals surface area (Å²) in [5, 5.41) is 10.4. The number of hydrogen-bond acceptors (Lipinski definition) is 4. The zero-order valence-electron chi connectivity index (χ0n) is 11.8. The van der Waals surface area contributed by atoms with Crippen molar-refractivity contribution in [3.05, 3.63) is 35.9 Å². The summed E-state index contributed by atoms with van der Waals surface area (Å²) in [6, 6.07) is 9.38. The van der Waals surface area contributed by atoms with E-state index in [0.29, 0.717) is 6.54 Å². The number of nitrogens with zero attached hydrogens (tertiary/aromatic N) is 1. The lowest BCUT2D eigenvalue weighted by atomic mass is 9.99. The van der Waals surface area contributed by atoms with Crippen LogP contribution in [0.3, 0.4) is 0 Å². The van der Waals surface area contributed by atoms with E-state index in [-0.39, 0.29) is 11.8 Å². The molecule has 0 aromatic heterocycles. The molecule has 5 heteroatoms. The van der Waals surface area contributed by atoms with Crippen molar-refractivity contribution in [2.75, 3.05) is 25.6 Å². The maximum Gasteiger partial charge on any atom is 0.148 e. The fourth-order valence-electron chi connectivity index (χ4n) is 2.12. The highest BCUT2D eigenvalue weighted by atomic mass is 32.2. The number of rotatable bonds is 7. The second-order valence-electron chi connectivity index (χ2n) is 4.94. The molecule has 0 radical (unpaired) electrons. The Morgan fingerprint density at radius 2 is 1.84 bits per heavy atom. The minimum Gasteiger partial charge on any atom is -0.387 e. The first-order valence-corrected chi connectivity index (χ1v) is 8.52. The summed E-state index contributed by atoms with van der Waals surface area (Å²) in [5.74, 6) is 0.113. The Morgan fingerprint density at radius 3 is 2.32 bits per heavy atom. The molecular formula is C14H23NO3S. The second kappa shape index (κ2) is 7.03. The highest BCUT2D eigenvalue weighted by molar-refractivity contribution is 7.90. The van der Waals surface area contributed by atoms with Crippen molar-refractivity contribution in [2.24, 2.45) is 0 Å². The van der Waals surface area contributed by atoms with Crippen molar-refractivity contribution in [3.8, 4) is 0 Å². The Balaban J connectivity index is 2.71. The van der Waals surface area contributed by atoms with E-state index >= 15 is 0 Å². The summed E-state index contributed by atoms with van der Waals surface area (Å²) in [7, 11) is -1.12. The van der Waals surface area contributed by atoms with Crippen molar-refractivity contribution < 1.29 is 13.5 Å². The SMILES string of the molecule is CCC(C(O)c1ccccc1)N(C)CCS(C)(=O)=O. The van der Waals surface area contributed by atoms with Crippen LogP contribution < -0.4 is 0 Å². The van der Waals surface area contributed by atoms with Gasteiger partial charge in [-0.3, -0.25) is 4.90 Å². The third-order valence-corrected chi connectivity index (χ3v) is 4.23. The minimum absolute atomic E-state index is 0.0795. The second-order valence-corrected chi connectivity index (χ2v) is 7.20. The molecule has 2 atom stereocenters. The molecule has 19 heavy (non-hydrogen) atoms. The van der Waals surface area contributed by atoms with Crippen LogP contribution >= 0.6 is 0 Å². The fraction of sp³-hybridized carbons (Fsp3) is 0.571. The molecule has 0 bridgehead atoms. The third kappa shape index (κ3) is 5.30. The van der Waals surface area contributed by atoms with Crippen LogP contribution in [0.4, 0.5) is 0 Å². The topological polar surface area (TPSA) is 57.6 Å². The van der Waals surface area contributed by atoms with Gasteiger partial charge in [-0.2, -0.15) is 0 Å². The van der Waals surface area contributed by atoms with Gasteiger partial charge in [0.2, 0.25) is 0 Å². The zero-order valence-corrected chi connectivity index (χ0v) is 12.6. The summed E-state index contributed by atoms with van der Waals surface area (Å²) >= 11 is 0. The third-order valence-electron chi connectivity index (χ3n) is 3.30. The molecule has 0 aliphatic rings. The van der Waals surface area contributed by atoms with Gasteiger partial charge in [-0.05, 0) is 19.0 Å². The van der Waals surface area contributed by atoms with Gasteiger partial charge in [-0.15, -0.1) is 0 Å². The van der Waals surface area contributed by atoms with Crippen LogP contribution in [0, 0.1) is 0 Å². The predicted octanol–water partition coefficient (Wildman–Crippen LogP) is 1.48. The predicted molar refractivity (Wildman–Crippen MR) is 77.8 cm³/mol. The van der Waals surface area contributed by atoms with Gasteiger partial charge in [-0.1, -0.05) is 37.3 Å². The first-order valence-electron chi connectivity index (χ1n) is 6.46. The van der Waals surface area contributed by atoms with Crippen molar-refractivity contribution in [1.29, 1.82) is 0 Å². The smallest absolute Gasteiger partial charge is 0.148 e. The molecule has 108 valence electrons. The molecule has 0 amide bonds. The van der Waals surface area contributed by atoms with Crippen molar-refractivity contribution in [1.82, 2.24) is 4.90 Å². The first kappa shape index (κ1) is 16.1. The molecule has 1 rings (SSSR count). The minimum atomic E-state index is -2.97. The van der Waals surface area contributed by atoms with Gasteiger partial charge >= 0.3 is 0 Å². The van der Waals surface area contributed by atoms with E-state index in [2.05, 4.69) is 0 Å². The normalized spacial score (nSPS) is 15.4. The average Bonchev–Trinajstić information content (AvgIpc) is 2.37. The molecular weight excluding hydrogens is 262 g/mol. The summed E-state index contributed by atoms with van der Waals surface area (Å²) < 4.78 is 22.4. The van der Waals surface area contributed by atoms with E-state index < -0.39 is 15.9 Å². The number of benzene rings is 1. The number of aliphatic hydroxyl groups excluding tert-OH is 1. The summed E-state index contributed by atoms with van der Waals surface area (Å²) in [4.78, 5) is 1.92. The molecule has 0 fully saturated rings. The van der Waals surface area contributed by atoms with Gasteiger partial charge < -0.3 is 5.11 Å². The maximum absolute atomic E-state index is 11.2. The highest BCUT2D eigenvalue weighted by Gasteiger charge is 2.23. The highest BCUT2D eigenvalue weighted by Crippen LogP contribution is 2.22. The van der Waals surface area contributed by atoms with E-state index in [1.807, 2.05) is 49.2 Å². The monoisotopic (exact) mass is 285 g/mol. The average molecular weight is 285 g/mol. The van der Waals surface area contributed by atoms with Crippen LogP contribution in [0.1, 0.15) is 25.0 Å². The molecule has 0 spiro atoms. The van der Waals surface area contributed by atoms with Gasteiger partial charge in [0, 0.05) is 18.8 Å². The molecule has 4 nitrogen and oxygen atoms in total. The van der Waals surface area contributed by atoms with Gasteiger partial charge in [0.1, 0.15) is 9.84 Å². The molecule has 1 N–H and O–H groups in total. The molecule has 0 aliphatic carbocycles. The molecule has 0 heterocycles. The van der Waals surface area contributed by atoms with Crippen LogP contribution in [0.25, 0.3) is 0 Å². The number of hydrogen-bond donors (Lipinski definition) is 1. The molecule has 1 aromatic carbocycles. The molecule has 1 aromatic rings. The molecule has 0 aliphatic heterocycles. The zero-order chi connectivity index (χ0) is 14.5. The Morgan fingerprint density at radius 1 is 1.26 bits per heavy atom. The number of aliphatic hydroxyl groups is 1. The quantitative estimate of drug-likeness (QED) is 0.824. The number of sulfone groups is 1. The maximum atomic E-state index is 11.2. The first-order chi connectivity index (χ1) is 8.85. The van der Waals surface area contributed by atoms with E-state index in [0.717, 1.165) is 12.0 Å². The largest absolute Gasteiger partial charge is 0.387 e. The van der Waals surface area contributed by atoms with Crippen LogP contribution in [0.15, 0.2) is 30.3 Å². The van der Waals surface area contributed by atoms with E-state index in [4.69, 9.17) is 0 Å². The van der Waals surface area contributed by atoms with E-state index in [9.17, 15) is 13.5 Å². The van der Waals surface area contributed by atoms with Crippen LogP contribution in [-0.2, 0) is 9.84 Å². The Hall–Kier alpha value is -0.910. The van der Waals surface area contributed by atoms with E-state index in [1.54, 1.807) is 0 Å². The van der Waals surface area contributed by atoms with Crippen LogP contribution in [0.2, 0.25) is 0 Å². The lowest BCUT2D eigenvalue weighted by Gasteiger charge is -2.31. The van der Waals surface area contributed by atoms with Crippen molar-refractivity contribution >= 4 is 9.84 Å². The standard InChI is InChI=1S/C14H23NO3S/c1-4-13(15(2)10-11-19(3,17)18)14(16)12-8-6-5-7-9-12/h5-9,13-14,16H,4,10-11H2,1-3H3. The summed E-state index contributed by atoms with van der Waals surface area (Å²) in [5.41, 5.74) is 0.862. The van der Waals surface area contributed by atoms with Gasteiger partial charge in [-0.25, -0.2) is 8.42 Å².